The average molecular weight is 329 g/mol. The van der Waals surface area contributed by atoms with Gasteiger partial charge in [-0.3, -0.25) is 0 Å². The van der Waals surface area contributed by atoms with Crippen LogP contribution in [0.15, 0.2) is 46.9 Å². The number of rotatable bonds is 2. The minimum atomic E-state index is -1.49. The molecule has 0 atom stereocenters. The van der Waals surface area contributed by atoms with E-state index < -0.39 is 8.07 Å². The van der Waals surface area contributed by atoms with Crippen molar-refractivity contribution in [3.05, 3.63) is 52.5 Å². The van der Waals surface area contributed by atoms with Crippen LogP contribution in [0, 0.1) is 12.3 Å². The molecule has 0 aliphatic rings. The molecule has 0 aliphatic carbocycles. The first-order valence-corrected chi connectivity index (χ1v) is 10.6. The third-order valence-electron chi connectivity index (χ3n) is 3.13. The van der Waals surface area contributed by atoms with Crippen molar-refractivity contribution < 1.29 is 0 Å². The Bertz CT molecular complexity index is 628. The smallest absolute Gasteiger partial charge is 0.0800 e. The summed E-state index contributed by atoms with van der Waals surface area (Å²) in [6.45, 7) is 7.02. The second kappa shape index (κ2) is 5.36. The van der Waals surface area contributed by atoms with Crippen LogP contribution in [-0.4, -0.2) is 8.07 Å². The summed E-state index contributed by atoms with van der Waals surface area (Å²) in [6, 6.07) is 14.7. The van der Waals surface area contributed by atoms with E-state index in [9.17, 15) is 0 Å². The highest BCUT2D eigenvalue weighted by atomic mass is 79.9. The van der Waals surface area contributed by atoms with Crippen LogP contribution in [0.1, 0.15) is 5.56 Å². The van der Waals surface area contributed by atoms with Crippen molar-refractivity contribution in [2.45, 2.75) is 19.6 Å². The maximum atomic E-state index is 5.68. The molecule has 0 aliphatic heterocycles. The average Bonchev–Trinajstić information content (AvgIpc) is 2.37. The molecule has 19 heavy (non-hydrogen) atoms. The molecule has 0 bridgehead atoms. The Morgan fingerprint density at radius 2 is 1.63 bits per heavy atom. The van der Waals surface area contributed by atoms with Gasteiger partial charge in [0.25, 0.3) is 0 Å². The first-order valence-electron chi connectivity index (χ1n) is 6.29. The van der Waals surface area contributed by atoms with Crippen molar-refractivity contribution in [2.75, 3.05) is 0 Å². The van der Waals surface area contributed by atoms with Gasteiger partial charge >= 0.3 is 0 Å². The molecule has 2 rings (SSSR count). The van der Waals surface area contributed by atoms with E-state index in [1.165, 1.54) is 16.3 Å². The van der Waals surface area contributed by atoms with Gasteiger partial charge in [-0.15, -0.1) is 6.42 Å². The summed E-state index contributed by atoms with van der Waals surface area (Å²) in [5.74, 6) is 2.85. The van der Waals surface area contributed by atoms with E-state index in [0.29, 0.717) is 0 Å². The summed E-state index contributed by atoms with van der Waals surface area (Å²) < 4.78 is 1.10. The summed E-state index contributed by atoms with van der Waals surface area (Å²) in [5, 5.41) is 1.37. The summed E-state index contributed by atoms with van der Waals surface area (Å²) in [6.07, 6.45) is 5.68. The molecular formula is C17H17BrSi. The minimum Gasteiger partial charge on any atom is -0.115 e. The monoisotopic (exact) mass is 328 g/mol. The summed E-state index contributed by atoms with van der Waals surface area (Å²) >= 11 is 3.48. The van der Waals surface area contributed by atoms with Gasteiger partial charge in [0, 0.05) is 10.0 Å². The second-order valence-electron chi connectivity index (χ2n) is 5.63. The zero-order valence-corrected chi connectivity index (χ0v) is 14.1. The number of hydrogen-bond acceptors (Lipinski definition) is 0. The molecule has 2 aromatic rings. The van der Waals surface area contributed by atoms with Gasteiger partial charge in [-0.2, -0.15) is 0 Å². The van der Waals surface area contributed by atoms with Gasteiger partial charge in [0.05, 0.1) is 8.07 Å². The van der Waals surface area contributed by atoms with Crippen LogP contribution in [0.5, 0.6) is 0 Å². The molecule has 0 unspecified atom stereocenters. The van der Waals surface area contributed by atoms with Gasteiger partial charge in [-0.1, -0.05) is 65.8 Å². The molecule has 0 radical (unpaired) electrons. The van der Waals surface area contributed by atoms with E-state index in [1.807, 2.05) is 0 Å². The van der Waals surface area contributed by atoms with E-state index in [2.05, 4.69) is 84.0 Å². The largest absolute Gasteiger partial charge is 0.115 e. The minimum absolute atomic E-state index is 1.04. The lowest BCUT2D eigenvalue weighted by molar-refractivity contribution is 1.58. The van der Waals surface area contributed by atoms with E-state index in [0.717, 1.165) is 10.0 Å². The Hall–Kier alpha value is -1.30. The van der Waals surface area contributed by atoms with Crippen LogP contribution < -0.4 is 5.19 Å². The third kappa shape index (κ3) is 3.00. The Balaban J connectivity index is 2.71. The van der Waals surface area contributed by atoms with Gasteiger partial charge in [-0.05, 0) is 34.5 Å². The highest BCUT2D eigenvalue weighted by molar-refractivity contribution is 9.10. The number of hydrogen-bond donors (Lipinski definition) is 0. The zero-order valence-electron chi connectivity index (χ0n) is 11.5. The standard InChI is InChI=1S/C17H17BrSi/c1-5-13-7-6-8-16(17(13)19(2,3)4)14-9-11-15(18)12-10-14/h1,6-12H,2-4H3. The normalized spacial score (nSPS) is 11.1. The Morgan fingerprint density at radius 1 is 1.00 bits per heavy atom. The summed E-state index contributed by atoms with van der Waals surface area (Å²) in [5.41, 5.74) is 3.56. The molecule has 0 amide bonds. The van der Waals surface area contributed by atoms with Gasteiger partial charge in [0.2, 0.25) is 0 Å². The number of halogens is 1. The zero-order chi connectivity index (χ0) is 14.0. The Labute approximate surface area is 125 Å². The number of terminal acetylenes is 1. The maximum absolute atomic E-state index is 5.68. The lowest BCUT2D eigenvalue weighted by Gasteiger charge is -2.23. The van der Waals surface area contributed by atoms with Gasteiger partial charge < -0.3 is 0 Å². The molecule has 2 aromatic carbocycles. The molecule has 96 valence electrons. The maximum Gasteiger partial charge on any atom is 0.0800 e. The molecule has 0 saturated heterocycles. The van der Waals surface area contributed by atoms with Crippen LogP contribution >= 0.6 is 15.9 Å². The van der Waals surface area contributed by atoms with Gasteiger partial charge in [0.1, 0.15) is 0 Å². The quantitative estimate of drug-likeness (QED) is 0.556. The molecule has 2 heteroatoms. The second-order valence-corrected chi connectivity index (χ2v) is 11.5. The first-order chi connectivity index (χ1) is 8.93. The first kappa shape index (κ1) is 14.1. The Morgan fingerprint density at radius 3 is 2.16 bits per heavy atom. The molecule has 0 fully saturated rings. The van der Waals surface area contributed by atoms with Crippen LogP contribution in [-0.2, 0) is 0 Å². The molecule has 0 saturated carbocycles. The highest BCUT2D eigenvalue weighted by Crippen LogP contribution is 2.24. The lowest BCUT2D eigenvalue weighted by atomic mass is 10.0. The predicted octanol–water partition coefficient (Wildman–Crippen LogP) is 4.64. The molecule has 0 spiro atoms. The molecule has 0 aromatic heterocycles. The van der Waals surface area contributed by atoms with Crippen LogP contribution in [0.3, 0.4) is 0 Å². The van der Waals surface area contributed by atoms with Crippen molar-refractivity contribution in [3.63, 3.8) is 0 Å². The predicted molar refractivity (Wildman–Crippen MR) is 90.5 cm³/mol. The summed E-state index contributed by atoms with van der Waals surface area (Å²) in [7, 11) is -1.49. The molecule has 0 nitrogen and oxygen atoms in total. The van der Waals surface area contributed by atoms with Crippen molar-refractivity contribution >= 4 is 29.2 Å². The molecule has 0 N–H and O–H groups in total. The summed E-state index contributed by atoms with van der Waals surface area (Å²) in [4.78, 5) is 0. The SMILES string of the molecule is C#Cc1cccc(-c2ccc(Br)cc2)c1[Si](C)(C)C. The number of benzene rings is 2. The lowest BCUT2D eigenvalue weighted by Crippen LogP contribution is -2.41. The van der Waals surface area contributed by atoms with E-state index >= 15 is 0 Å². The van der Waals surface area contributed by atoms with Gasteiger partial charge in [0.15, 0.2) is 0 Å². The fourth-order valence-electron chi connectivity index (χ4n) is 2.35. The topological polar surface area (TPSA) is 0 Å². The van der Waals surface area contributed by atoms with Crippen LogP contribution in [0.2, 0.25) is 19.6 Å². The van der Waals surface area contributed by atoms with Crippen LogP contribution in [0.4, 0.5) is 0 Å². The fraction of sp³-hybridized carbons (Fsp3) is 0.176. The van der Waals surface area contributed by atoms with Crippen LogP contribution in [0.25, 0.3) is 11.1 Å². The Kier molecular flexibility index (Phi) is 3.98. The van der Waals surface area contributed by atoms with E-state index in [-0.39, 0.29) is 0 Å². The molecular weight excluding hydrogens is 312 g/mol. The van der Waals surface area contributed by atoms with Crippen molar-refractivity contribution in [2.24, 2.45) is 0 Å². The fourth-order valence-corrected chi connectivity index (χ4v) is 4.61. The van der Waals surface area contributed by atoms with Crippen molar-refractivity contribution in [3.8, 4) is 23.5 Å². The van der Waals surface area contributed by atoms with Crippen molar-refractivity contribution in [1.29, 1.82) is 0 Å². The van der Waals surface area contributed by atoms with Crippen molar-refractivity contribution in [1.82, 2.24) is 0 Å². The molecule has 0 heterocycles. The highest BCUT2D eigenvalue weighted by Gasteiger charge is 2.23. The van der Waals surface area contributed by atoms with E-state index in [1.54, 1.807) is 0 Å². The van der Waals surface area contributed by atoms with Gasteiger partial charge in [-0.25, -0.2) is 0 Å². The van der Waals surface area contributed by atoms with E-state index in [4.69, 9.17) is 6.42 Å². The third-order valence-corrected chi connectivity index (χ3v) is 5.69.